The zero-order valence-corrected chi connectivity index (χ0v) is 10.3. The quantitative estimate of drug-likeness (QED) is 0.882. The lowest BCUT2D eigenvalue weighted by Gasteiger charge is -2.06. The van der Waals surface area contributed by atoms with Gasteiger partial charge in [-0.15, -0.1) is 0 Å². The molecule has 0 bridgehead atoms. The lowest BCUT2D eigenvalue weighted by atomic mass is 10.1. The van der Waals surface area contributed by atoms with E-state index in [1.807, 2.05) is 39.0 Å². The number of carbonyl (C=O) groups excluding carboxylic acids is 1. The highest BCUT2D eigenvalue weighted by Gasteiger charge is 2.12. The van der Waals surface area contributed by atoms with Gasteiger partial charge in [-0.3, -0.25) is 4.79 Å². The van der Waals surface area contributed by atoms with Crippen LogP contribution in [0.3, 0.4) is 0 Å². The van der Waals surface area contributed by atoms with Crippen molar-refractivity contribution in [3.63, 3.8) is 0 Å². The van der Waals surface area contributed by atoms with Crippen LogP contribution in [-0.4, -0.2) is 17.1 Å². The maximum absolute atomic E-state index is 11.7. The Kier molecular flexibility index (Phi) is 3.13. The van der Waals surface area contributed by atoms with Crippen LogP contribution in [0.25, 0.3) is 11.0 Å². The van der Waals surface area contributed by atoms with E-state index in [-0.39, 0.29) is 18.4 Å². The maximum Gasteiger partial charge on any atom is 0.226 e. The lowest BCUT2D eigenvalue weighted by molar-refractivity contribution is -0.120. The van der Waals surface area contributed by atoms with E-state index in [9.17, 15) is 4.79 Å². The predicted molar refractivity (Wildman–Crippen MR) is 65.7 cm³/mol. The zero-order valence-electron chi connectivity index (χ0n) is 10.3. The van der Waals surface area contributed by atoms with E-state index in [0.717, 1.165) is 16.5 Å². The zero-order chi connectivity index (χ0) is 12.4. The van der Waals surface area contributed by atoms with Crippen LogP contribution in [-0.2, 0) is 11.2 Å². The summed E-state index contributed by atoms with van der Waals surface area (Å²) in [6.45, 7) is 5.87. The van der Waals surface area contributed by atoms with Gasteiger partial charge in [0.1, 0.15) is 5.69 Å². The van der Waals surface area contributed by atoms with Crippen LogP contribution in [0.1, 0.15) is 25.1 Å². The summed E-state index contributed by atoms with van der Waals surface area (Å²) < 4.78 is 5.18. The first-order valence-electron chi connectivity index (χ1n) is 5.70. The van der Waals surface area contributed by atoms with Crippen molar-refractivity contribution >= 4 is 16.9 Å². The van der Waals surface area contributed by atoms with E-state index in [1.54, 1.807) is 0 Å². The Morgan fingerprint density at radius 1 is 1.47 bits per heavy atom. The summed E-state index contributed by atoms with van der Waals surface area (Å²) in [7, 11) is 0. The second kappa shape index (κ2) is 4.57. The number of nitrogens with one attached hydrogen (secondary N) is 1. The fourth-order valence-corrected chi connectivity index (χ4v) is 1.75. The molecule has 0 spiro atoms. The van der Waals surface area contributed by atoms with Crippen LogP contribution in [0.2, 0.25) is 0 Å². The largest absolute Gasteiger partial charge is 0.356 e. The Morgan fingerprint density at radius 3 is 2.94 bits per heavy atom. The molecule has 1 heterocycles. The van der Waals surface area contributed by atoms with Crippen LogP contribution >= 0.6 is 0 Å². The molecule has 0 radical (unpaired) electrons. The molecule has 1 aromatic carbocycles. The number of aryl methyl sites for hydroxylation is 1. The Morgan fingerprint density at radius 2 is 2.24 bits per heavy atom. The molecule has 0 aliphatic carbocycles. The Hall–Kier alpha value is -1.84. The van der Waals surface area contributed by atoms with Gasteiger partial charge in [-0.2, -0.15) is 0 Å². The van der Waals surface area contributed by atoms with Crippen molar-refractivity contribution < 1.29 is 9.32 Å². The van der Waals surface area contributed by atoms with Gasteiger partial charge in [0.2, 0.25) is 5.91 Å². The van der Waals surface area contributed by atoms with Crippen molar-refractivity contribution in [2.75, 3.05) is 0 Å². The van der Waals surface area contributed by atoms with Crippen molar-refractivity contribution in [1.82, 2.24) is 10.5 Å². The van der Waals surface area contributed by atoms with Gasteiger partial charge in [-0.25, -0.2) is 0 Å². The highest BCUT2D eigenvalue weighted by atomic mass is 16.5. The van der Waals surface area contributed by atoms with Gasteiger partial charge in [0.05, 0.1) is 6.42 Å². The number of benzene rings is 1. The molecule has 90 valence electrons. The van der Waals surface area contributed by atoms with Crippen molar-refractivity contribution in [3.8, 4) is 0 Å². The molecule has 0 atom stereocenters. The number of hydrogen-bond donors (Lipinski definition) is 1. The second-order valence-corrected chi connectivity index (χ2v) is 4.53. The second-order valence-electron chi connectivity index (χ2n) is 4.53. The third kappa shape index (κ3) is 2.64. The fourth-order valence-electron chi connectivity index (χ4n) is 1.75. The fraction of sp³-hybridized carbons (Fsp3) is 0.385. The number of nitrogens with zero attached hydrogens (tertiary/aromatic N) is 1. The molecule has 2 aromatic rings. The molecular formula is C13H16N2O2. The predicted octanol–water partition coefficient (Wildman–Crippen LogP) is 2.20. The van der Waals surface area contributed by atoms with Crippen molar-refractivity contribution in [1.29, 1.82) is 0 Å². The van der Waals surface area contributed by atoms with Gasteiger partial charge in [0.15, 0.2) is 5.58 Å². The normalized spacial score (nSPS) is 11.1. The molecule has 2 rings (SSSR count). The number of fused-ring (bicyclic) bond motifs is 1. The molecule has 0 aliphatic heterocycles. The Labute approximate surface area is 100.0 Å². The number of rotatable bonds is 3. The highest BCUT2D eigenvalue weighted by molar-refractivity contribution is 5.86. The molecule has 1 N–H and O–H groups in total. The molecule has 4 heteroatoms. The highest BCUT2D eigenvalue weighted by Crippen LogP contribution is 2.20. The average Bonchev–Trinajstić information content (AvgIpc) is 2.60. The third-order valence-corrected chi connectivity index (χ3v) is 2.48. The van der Waals surface area contributed by atoms with Crippen LogP contribution in [0, 0.1) is 6.92 Å². The lowest BCUT2D eigenvalue weighted by Crippen LogP contribution is -2.31. The monoisotopic (exact) mass is 232 g/mol. The van der Waals surface area contributed by atoms with Gasteiger partial charge < -0.3 is 9.84 Å². The van der Waals surface area contributed by atoms with Crippen LogP contribution in [0.4, 0.5) is 0 Å². The molecular weight excluding hydrogens is 216 g/mol. The SMILES string of the molecule is Cc1ccc2onc(CC(=O)NC(C)C)c2c1. The van der Waals surface area contributed by atoms with E-state index >= 15 is 0 Å². The number of hydrogen-bond acceptors (Lipinski definition) is 3. The first-order chi connectivity index (χ1) is 8.06. The summed E-state index contributed by atoms with van der Waals surface area (Å²) in [5, 5.41) is 7.71. The average molecular weight is 232 g/mol. The summed E-state index contributed by atoms with van der Waals surface area (Å²) >= 11 is 0. The minimum absolute atomic E-state index is 0.0308. The molecule has 0 saturated carbocycles. The van der Waals surface area contributed by atoms with Crippen molar-refractivity contribution in [3.05, 3.63) is 29.5 Å². The maximum atomic E-state index is 11.7. The Balaban J connectivity index is 2.24. The minimum atomic E-state index is -0.0308. The number of amides is 1. The molecule has 0 fully saturated rings. The van der Waals surface area contributed by atoms with Gasteiger partial charge in [0.25, 0.3) is 0 Å². The number of aromatic nitrogens is 1. The first kappa shape index (κ1) is 11.6. The number of carbonyl (C=O) groups is 1. The molecule has 1 aromatic heterocycles. The van der Waals surface area contributed by atoms with Crippen LogP contribution in [0.5, 0.6) is 0 Å². The molecule has 0 aliphatic rings. The summed E-state index contributed by atoms with van der Waals surface area (Å²) in [5.41, 5.74) is 2.55. The minimum Gasteiger partial charge on any atom is -0.356 e. The Bertz CT molecular complexity index is 543. The van der Waals surface area contributed by atoms with E-state index in [4.69, 9.17) is 4.52 Å². The van der Waals surface area contributed by atoms with Gasteiger partial charge in [0, 0.05) is 11.4 Å². The molecule has 0 unspecified atom stereocenters. The summed E-state index contributed by atoms with van der Waals surface area (Å²) in [5.74, 6) is -0.0308. The van der Waals surface area contributed by atoms with Gasteiger partial charge in [-0.05, 0) is 32.9 Å². The van der Waals surface area contributed by atoms with Gasteiger partial charge in [-0.1, -0.05) is 16.8 Å². The van der Waals surface area contributed by atoms with Crippen molar-refractivity contribution in [2.24, 2.45) is 0 Å². The molecule has 17 heavy (non-hydrogen) atoms. The van der Waals surface area contributed by atoms with Crippen LogP contribution in [0.15, 0.2) is 22.7 Å². The summed E-state index contributed by atoms with van der Waals surface area (Å²) in [6, 6.07) is 5.97. The summed E-state index contributed by atoms with van der Waals surface area (Å²) in [6.07, 6.45) is 0.259. The third-order valence-electron chi connectivity index (χ3n) is 2.48. The summed E-state index contributed by atoms with van der Waals surface area (Å²) in [4.78, 5) is 11.7. The topological polar surface area (TPSA) is 55.1 Å². The van der Waals surface area contributed by atoms with E-state index in [1.165, 1.54) is 0 Å². The molecule has 4 nitrogen and oxygen atoms in total. The first-order valence-corrected chi connectivity index (χ1v) is 5.70. The van der Waals surface area contributed by atoms with Crippen LogP contribution < -0.4 is 5.32 Å². The standard InChI is InChI=1S/C13H16N2O2/c1-8(2)14-13(16)7-11-10-6-9(3)4-5-12(10)17-15-11/h4-6,8H,7H2,1-3H3,(H,14,16). The van der Waals surface area contributed by atoms with Gasteiger partial charge >= 0.3 is 0 Å². The molecule has 1 amide bonds. The smallest absolute Gasteiger partial charge is 0.226 e. The van der Waals surface area contributed by atoms with Crippen molar-refractivity contribution in [2.45, 2.75) is 33.2 Å². The van der Waals surface area contributed by atoms with E-state index in [2.05, 4.69) is 10.5 Å². The van der Waals surface area contributed by atoms with E-state index < -0.39 is 0 Å². The molecule has 0 saturated heterocycles. The van der Waals surface area contributed by atoms with E-state index in [0.29, 0.717) is 5.69 Å².